The van der Waals surface area contributed by atoms with Gasteiger partial charge in [-0.15, -0.1) is 0 Å². The number of halogens is 1. The van der Waals surface area contributed by atoms with E-state index in [0.29, 0.717) is 0 Å². The van der Waals surface area contributed by atoms with Crippen LogP contribution in [0, 0.1) is 0 Å². The van der Waals surface area contributed by atoms with Crippen LogP contribution in [0.3, 0.4) is 0 Å². The summed E-state index contributed by atoms with van der Waals surface area (Å²) in [5, 5.41) is 0.121. The molecule has 9 heteroatoms. The zero-order valence-electron chi connectivity index (χ0n) is 10.2. The smallest absolute Gasteiger partial charge is 0.394 e. The maximum absolute atomic E-state index is 11.6. The Morgan fingerprint density at radius 2 is 2.11 bits per heavy atom. The Bertz CT molecular complexity index is 497. The Hall–Kier alpha value is -1.11. The summed E-state index contributed by atoms with van der Waals surface area (Å²) in [5.41, 5.74) is 2.25. The van der Waals surface area contributed by atoms with E-state index in [1.54, 1.807) is 12.1 Å². The predicted molar refractivity (Wildman–Crippen MR) is 67.6 cm³/mol. The van der Waals surface area contributed by atoms with Gasteiger partial charge in [-0.25, -0.2) is 9.36 Å². The quantitative estimate of drug-likeness (QED) is 0.612. The van der Waals surface area contributed by atoms with Gasteiger partial charge in [0.2, 0.25) is 0 Å². The number of phosphoric ester groups is 1. The summed E-state index contributed by atoms with van der Waals surface area (Å²) in [6, 6.07) is 5.08. The molecule has 106 valence electrons. The van der Waals surface area contributed by atoms with Crippen LogP contribution in [0.1, 0.15) is 6.92 Å². The third kappa shape index (κ3) is 5.18. The lowest BCUT2D eigenvalue weighted by atomic mass is 10.3. The second kappa shape index (κ2) is 6.88. The van der Waals surface area contributed by atoms with Gasteiger partial charge in [0.15, 0.2) is 5.75 Å². The fourth-order valence-electron chi connectivity index (χ4n) is 1.08. The van der Waals surface area contributed by atoms with Crippen molar-refractivity contribution in [2.24, 2.45) is 0 Å². The number of para-hydroxylation sites is 1. The van der Waals surface area contributed by atoms with Gasteiger partial charge in [-0.3, -0.25) is 4.89 Å². The average Bonchev–Trinajstić information content (AvgIpc) is 2.31. The number of nitrogens with one attached hydrogen (secondary N) is 1. The Morgan fingerprint density at radius 3 is 2.68 bits per heavy atom. The van der Waals surface area contributed by atoms with E-state index >= 15 is 0 Å². The summed E-state index contributed by atoms with van der Waals surface area (Å²) < 4.78 is 20.7. The Balaban J connectivity index is 2.69. The first-order chi connectivity index (χ1) is 8.85. The van der Waals surface area contributed by atoms with Crippen LogP contribution in [0.25, 0.3) is 0 Å². The van der Waals surface area contributed by atoms with Crippen molar-refractivity contribution in [3.8, 4) is 5.75 Å². The second-order valence-electron chi connectivity index (χ2n) is 3.44. The monoisotopic (exact) mass is 309 g/mol. The molecule has 0 aromatic heterocycles. The lowest BCUT2D eigenvalue weighted by Gasteiger charge is -2.16. The minimum absolute atomic E-state index is 0.0600. The lowest BCUT2D eigenvalue weighted by Crippen LogP contribution is -2.34. The highest BCUT2D eigenvalue weighted by Crippen LogP contribution is 2.45. The van der Waals surface area contributed by atoms with Crippen LogP contribution in [0.15, 0.2) is 24.3 Å². The van der Waals surface area contributed by atoms with Crippen LogP contribution in [-0.2, 0) is 18.7 Å². The number of rotatable bonds is 6. The van der Waals surface area contributed by atoms with Crippen LogP contribution in [0.5, 0.6) is 5.75 Å². The zero-order chi connectivity index (χ0) is 14.5. The van der Waals surface area contributed by atoms with E-state index in [1.807, 2.05) is 0 Å². The predicted octanol–water partition coefficient (Wildman–Crippen LogP) is 1.90. The summed E-state index contributed by atoms with van der Waals surface area (Å²) in [5.74, 6) is -1.06. The molecule has 2 atom stereocenters. The van der Waals surface area contributed by atoms with Crippen molar-refractivity contribution in [1.82, 2.24) is 5.48 Å². The van der Waals surface area contributed by atoms with E-state index in [0.717, 1.165) is 0 Å². The van der Waals surface area contributed by atoms with Crippen LogP contribution in [0.4, 0.5) is 0 Å². The molecule has 0 radical (unpaired) electrons. The lowest BCUT2D eigenvalue weighted by molar-refractivity contribution is -0.140. The molecular formula is C10H13ClNO6P. The van der Waals surface area contributed by atoms with E-state index in [-0.39, 0.29) is 10.8 Å². The molecule has 0 saturated heterocycles. The van der Waals surface area contributed by atoms with Crippen molar-refractivity contribution in [2.45, 2.75) is 13.0 Å². The number of carbonyl (C=O) groups is 1. The summed E-state index contributed by atoms with van der Waals surface area (Å²) in [6.07, 6.45) is 0. The molecule has 0 aliphatic carbocycles. The van der Waals surface area contributed by atoms with E-state index < -0.39 is 19.8 Å². The molecule has 7 nitrogen and oxygen atoms in total. The van der Waals surface area contributed by atoms with Crippen molar-refractivity contribution in [2.75, 3.05) is 7.11 Å². The van der Waals surface area contributed by atoms with Gasteiger partial charge in [-0.1, -0.05) is 23.7 Å². The van der Waals surface area contributed by atoms with E-state index in [9.17, 15) is 14.3 Å². The fourth-order valence-corrected chi connectivity index (χ4v) is 2.14. The number of benzene rings is 1. The zero-order valence-corrected chi connectivity index (χ0v) is 11.9. The first-order valence-corrected chi connectivity index (χ1v) is 7.02. The van der Waals surface area contributed by atoms with Crippen molar-refractivity contribution >= 4 is 25.4 Å². The third-order valence-electron chi connectivity index (χ3n) is 1.90. The van der Waals surface area contributed by atoms with E-state index in [1.165, 1.54) is 26.2 Å². The standard InChI is InChI=1S/C10H13ClNO6P/c1-7(12-16-2)10(13)18-19(14,15)17-9-6-4-3-5-8(9)11/h3-7,12H,1-2H3,(H,14,15)/t7-/m0/s1. The molecule has 1 unspecified atom stereocenters. The SMILES string of the molecule is CON[C@@H](C)C(=O)OP(=O)(O)Oc1ccccc1Cl. The molecule has 0 bridgehead atoms. The minimum atomic E-state index is -4.60. The van der Waals surface area contributed by atoms with E-state index in [2.05, 4.69) is 14.8 Å². The van der Waals surface area contributed by atoms with Gasteiger partial charge >= 0.3 is 13.8 Å². The first-order valence-electron chi connectivity index (χ1n) is 5.14. The van der Waals surface area contributed by atoms with Gasteiger partial charge in [0.25, 0.3) is 0 Å². The normalized spacial score (nSPS) is 15.4. The molecule has 1 aromatic carbocycles. The molecule has 0 aliphatic heterocycles. The molecule has 1 rings (SSSR count). The molecule has 2 N–H and O–H groups in total. The molecule has 1 aromatic rings. The number of phosphoric acid groups is 1. The van der Waals surface area contributed by atoms with Crippen LogP contribution >= 0.6 is 19.4 Å². The molecule has 0 heterocycles. The summed E-state index contributed by atoms with van der Waals surface area (Å²) in [4.78, 5) is 25.3. The van der Waals surface area contributed by atoms with Gasteiger partial charge < -0.3 is 13.9 Å². The number of hydrogen-bond acceptors (Lipinski definition) is 6. The van der Waals surface area contributed by atoms with Gasteiger partial charge in [0, 0.05) is 0 Å². The van der Waals surface area contributed by atoms with Crippen LogP contribution < -0.4 is 10.0 Å². The van der Waals surface area contributed by atoms with Gasteiger partial charge in [-0.05, 0) is 19.1 Å². The Labute approximate surface area is 115 Å². The maximum Gasteiger partial charge on any atom is 0.587 e. The van der Waals surface area contributed by atoms with Crippen molar-refractivity contribution in [1.29, 1.82) is 0 Å². The Morgan fingerprint density at radius 1 is 1.47 bits per heavy atom. The summed E-state index contributed by atoms with van der Waals surface area (Å²) >= 11 is 5.75. The maximum atomic E-state index is 11.6. The highest BCUT2D eigenvalue weighted by Gasteiger charge is 2.31. The molecule has 0 spiro atoms. The van der Waals surface area contributed by atoms with Crippen molar-refractivity contribution < 1.29 is 28.1 Å². The average molecular weight is 310 g/mol. The number of carbonyl (C=O) groups excluding carboxylic acids is 1. The van der Waals surface area contributed by atoms with Gasteiger partial charge in [0.1, 0.15) is 6.04 Å². The van der Waals surface area contributed by atoms with Gasteiger partial charge in [0.05, 0.1) is 12.1 Å². The molecule has 19 heavy (non-hydrogen) atoms. The van der Waals surface area contributed by atoms with E-state index in [4.69, 9.17) is 16.1 Å². The van der Waals surface area contributed by atoms with Crippen LogP contribution in [0.2, 0.25) is 5.02 Å². The van der Waals surface area contributed by atoms with Crippen molar-refractivity contribution in [3.63, 3.8) is 0 Å². The molecule has 0 fully saturated rings. The highest BCUT2D eigenvalue weighted by atomic mass is 35.5. The summed E-state index contributed by atoms with van der Waals surface area (Å²) in [6.45, 7) is 1.39. The third-order valence-corrected chi connectivity index (χ3v) is 3.05. The highest BCUT2D eigenvalue weighted by molar-refractivity contribution is 7.48. The van der Waals surface area contributed by atoms with Crippen molar-refractivity contribution in [3.05, 3.63) is 29.3 Å². The molecular weight excluding hydrogens is 297 g/mol. The first kappa shape index (κ1) is 15.9. The minimum Gasteiger partial charge on any atom is -0.394 e. The molecule has 0 saturated carbocycles. The molecule has 0 amide bonds. The summed E-state index contributed by atoms with van der Waals surface area (Å²) in [7, 11) is -3.31. The number of hydrogen-bond donors (Lipinski definition) is 2. The Kier molecular flexibility index (Phi) is 5.78. The number of hydroxylamine groups is 1. The largest absolute Gasteiger partial charge is 0.587 e. The van der Waals surface area contributed by atoms with Crippen LogP contribution in [-0.4, -0.2) is 24.0 Å². The molecule has 0 aliphatic rings. The fraction of sp³-hybridized carbons (Fsp3) is 0.300. The topological polar surface area (TPSA) is 94.1 Å². The van der Waals surface area contributed by atoms with Gasteiger partial charge in [-0.2, -0.15) is 5.48 Å². The second-order valence-corrected chi connectivity index (χ2v) is 5.15.